The fourth-order valence-electron chi connectivity index (χ4n) is 6.97. The van der Waals surface area contributed by atoms with E-state index >= 15 is 0 Å². The molecule has 0 atom stereocenters. The molecular formula is C46H56Cl2SiZr. The van der Waals surface area contributed by atoms with Gasteiger partial charge in [-0.05, 0) is 49.7 Å². The van der Waals surface area contributed by atoms with Crippen LogP contribution < -0.4 is 0 Å². The molecule has 6 aromatic carbocycles. The van der Waals surface area contributed by atoms with Gasteiger partial charge in [0.1, 0.15) is 0 Å². The molecule has 0 aromatic heterocycles. The quantitative estimate of drug-likeness (QED) is 0.121. The van der Waals surface area contributed by atoms with Gasteiger partial charge in [0.25, 0.3) is 0 Å². The van der Waals surface area contributed by atoms with Gasteiger partial charge in [-0.1, -0.05) is 149 Å². The van der Waals surface area contributed by atoms with Crippen molar-refractivity contribution in [3.63, 3.8) is 0 Å². The SMILES string of the molecule is C[Si]C.Cc1cc(C)cc(-c2c(C(C)(C)C)ccc3[cH-]c(C)cc23)c1.Cc1cc(C)cc(-c2c(C(C)(C)C)ccc3[cH-]c(C)cc23)c1.[Cl][Zr+2][Cl]. The van der Waals surface area contributed by atoms with E-state index in [0.717, 1.165) is 9.52 Å². The second-order valence-electron chi connectivity index (χ2n) is 15.9. The fraction of sp³-hybridized carbons (Fsp3) is 0.348. The Morgan fingerprint density at radius 3 is 1.04 bits per heavy atom. The maximum atomic E-state index is 4.93. The van der Waals surface area contributed by atoms with Crippen LogP contribution in [0.2, 0.25) is 13.1 Å². The van der Waals surface area contributed by atoms with Gasteiger partial charge in [0.2, 0.25) is 0 Å². The first-order valence-electron chi connectivity index (χ1n) is 17.5. The third-order valence-corrected chi connectivity index (χ3v) is 8.71. The standard InChI is InChI=1S/2C22H25.C2H6Si.2ClH.Zr/c2*1-14-9-15(2)12-18(11-14)21-19-13-16(3)10-17(19)7-8-20(21)22(4,5)6;1-3-2;;;/h2*7-13H,1-6H3;1-2H3;2*1H;/q2*-1;;;;+4/p-2. The third-order valence-electron chi connectivity index (χ3n) is 8.71. The van der Waals surface area contributed by atoms with Gasteiger partial charge in [0.05, 0.1) is 0 Å². The number of hydrogen-bond acceptors (Lipinski definition) is 0. The molecule has 4 heteroatoms. The second kappa shape index (κ2) is 18.0. The van der Waals surface area contributed by atoms with Crippen LogP contribution >= 0.6 is 17.0 Å². The van der Waals surface area contributed by atoms with Gasteiger partial charge in [-0.25, -0.2) is 0 Å². The van der Waals surface area contributed by atoms with Crippen LogP contribution in [0.5, 0.6) is 0 Å². The first kappa shape index (κ1) is 42.2. The van der Waals surface area contributed by atoms with E-state index in [-0.39, 0.29) is 10.8 Å². The summed E-state index contributed by atoms with van der Waals surface area (Å²) in [6, 6.07) is 32.2. The molecule has 6 rings (SSSR count). The molecule has 0 heterocycles. The molecule has 0 unspecified atom stereocenters. The number of hydrogen-bond donors (Lipinski definition) is 0. The average Bonchev–Trinajstić information content (AvgIpc) is 3.55. The van der Waals surface area contributed by atoms with Gasteiger partial charge in [-0.3, -0.25) is 0 Å². The number of rotatable bonds is 2. The van der Waals surface area contributed by atoms with Crippen molar-refractivity contribution in [2.24, 2.45) is 0 Å². The van der Waals surface area contributed by atoms with Crippen molar-refractivity contribution in [2.45, 2.75) is 107 Å². The predicted molar refractivity (Wildman–Crippen MR) is 225 cm³/mol. The Labute approximate surface area is 325 Å². The van der Waals surface area contributed by atoms with E-state index in [4.69, 9.17) is 17.0 Å². The number of benzene rings is 4. The van der Waals surface area contributed by atoms with Crippen molar-refractivity contribution in [3.05, 3.63) is 129 Å². The Bertz CT molecular complexity index is 1840. The van der Waals surface area contributed by atoms with Crippen molar-refractivity contribution in [1.82, 2.24) is 0 Å². The Morgan fingerprint density at radius 2 is 0.780 bits per heavy atom. The summed E-state index contributed by atoms with van der Waals surface area (Å²) in [5.41, 5.74) is 16.6. The van der Waals surface area contributed by atoms with Gasteiger partial charge in [-0.2, -0.15) is 12.1 Å². The minimum absolute atomic E-state index is 0.131. The van der Waals surface area contributed by atoms with Crippen LogP contribution in [0.15, 0.2) is 84.9 Å². The second-order valence-corrected chi connectivity index (χ2v) is 20.6. The molecule has 2 radical (unpaired) electrons. The zero-order valence-electron chi connectivity index (χ0n) is 32.8. The summed E-state index contributed by atoms with van der Waals surface area (Å²) < 4.78 is 0. The van der Waals surface area contributed by atoms with Crippen LogP contribution in [0.1, 0.15) is 86.1 Å². The zero-order valence-corrected chi connectivity index (χ0v) is 37.8. The Balaban J connectivity index is 0.000000234. The van der Waals surface area contributed by atoms with Crippen LogP contribution in [0.3, 0.4) is 0 Å². The summed E-state index contributed by atoms with van der Waals surface area (Å²) in [4.78, 5) is 0. The molecule has 0 bridgehead atoms. The molecule has 262 valence electrons. The van der Waals surface area contributed by atoms with E-state index in [2.05, 4.69) is 181 Å². The van der Waals surface area contributed by atoms with E-state index in [0.29, 0.717) is 0 Å². The summed E-state index contributed by atoms with van der Waals surface area (Å²) in [7, 11) is 11.0. The molecule has 0 fully saturated rings. The van der Waals surface area contributed by atoms with Gasteiger partial charge in [-0.15, -0.1) is 69.1 Å². The number of halogens is 2. The molecule has 50 heavy (non-hydrogen) atoms. The van der Waals surface area contributed by atoms with E-state index < -0.39 is 20.8 Å². The van der Waals surface area contributed by atoms with E-state index in [9.17, 15) is 0 Å². The number of aryl methyl sites for hydroxylation is 6. The van der Waals surface area contributed by atoms with Gasteiger partial charge in [0.15, 0.2) is 0 Å². The van der Waals surface area contributed by atoms with Crippen molar-refractivity contribution in [3.8, 4) is 22.3 Å². The molecule has 0 aliphatic carbocycles. The van der Waals surface area contributed by atoms with Crippen LogP contribution in [0.25, 0.3) is 43.8 Å². The number of fused-ring (bicyclic) bond motifs is 2. The normalized spacial score (nSPS) is 11.2. The van der Waals surface area contributed by atoms with E-state index in [1.165, 1.54) is 88.3 Å². The van der Waals surface area contributed by atoms with E-state index in [1.54, 1.807) is 0 Å². The summed E-state index contributed by atoms with van der Waals surface area (Å²) in [6.45, 7) is 31.2. The Kier molecular flexibility index (Phi) is 15.2. The van der Waals surface area contributed by atoms with Crippen molar-refractivity contribution < 1.29 is 20.8 Å². The monoisotopic (exact) mass is 796 g/mol. The molecule has 0 aliphatic rings. The molecule has 0 aliphatic heterocycles. The van der Waals surface area contributed by atoms with Crippen molar-refractivity contribution in [1.29, 1.82) is 0 Å². The topological polar surface area (TPSA) is 0 Å². The molecular weight excluding hydrogens is 743 g/mol. The summed E-state index contributed by atoms with van der Waals surface area (Å²) in [5.74, 6) is 0. The Hall–Kier alpha value is -2.22. The third kappa shape index (κ3) is 10.9. The van der Waals surface area contributed by atoms with Crippen molar-refractivity contribution in [2.75, 3.05) is 0 Å². The maximum absolute atomic E-state index is 4.93. The molecule has 0 saturated carbocycles. The summed E-state index contributed by atoms with van der Waals surface area (Å²) in [6.07, 6.45) is 0. The molecule has 0 N–H and O–H groups in total. The minimum atomic E-state index is -0.826. The van der Waals surface area contributed by atoms with Gasteiger partial charge in [0, 0.05) is 9.52 Å². The average molecular weight is 799 g/mol. The van der Waals surface area contributed by atoms with Crippen LogP contribution in [-0.4, -0.2) is 9.52 Å². The zero-order chi connectivity index (χ0) is 37.6. The van der Waals surface area contributed by atoms with Crippen LogP contribution in [0, 0.1) is 41.5 Å². The molecule has 0 nitrogen and oxygen atoms in total. The molecule has 0 spiro atoms. The van der Waals surface area contributed by atoms with Crippen LogP contribution in [-0.2, 0) is 31.7 Å². The predicted octanol–water partition coefficient (Wildman–Crippen LogP) is 15.1. The van der Waals surface area contributed by atoms with Gasteiger partial charge < -0.3 is 0 Å². The van der Waals surface area contributed by atoms with Gasteiger partial charge >= 0.3 is 37.9 Å². The molecule has 0 amide bonds. The molecule has 0 saturated heterocycles. The Morgan fingerprint density at radius 1 is 0.500 bits per heavy atom. The first-order chi connectivity index (χ1) is 23.3. The summed E-state index contributed by atoms with van der Waals surface area (Å²) in [5, 5.41) is 5.46. The summed E-state index contributed by atoms with van der Waals surface area (Å²) >= 11 is -0.826. The molecule has 6 aromatic rings. The fourth-order valence-corrected chi connectivity index (χ4v) is 6.97. The van der Waals surface area contributed by atoms with Crippen molar-refractivity contribution >= 4 is 48.1 Å². The van der Waals surface area contributed by atoms with E-state index in [1.807, 2.05) is 0 Å². The van der Waals surface area contributed by atoms with Crippen LogP contribution in [0.4, 0.5) is 0 Å². The first-order valence-corrected chi connectivity index (χ1v) is 25.8.